The molecule has 0 saturated heterocycles. The van der Waals surface area contributed by atoms with Gasteiger partial charge in [-0.25, -0.2) is 9.78 Å². The molecule has 0 bridgehead atoms. The van der Waals surface area contributed by atoms with Crippen molar-refractivity contribution in [3.05, 3.63) is 63.7 Å². The van der Waals surface area contributed by atoms with E-state index in [1.54, 1.807) is 55.4 Å². The Kier molecular flexibility index (Phi) is 7.08. The summed E-state index contributed by atoms with van der Waals surface area (Å²) >= 11 is 6.09. The van der Waals surface area contributed by atoms with Gasteiger partial charge in [-0.1, -0.05) is 47.1 Å². The second kappa shape index (κ2) is 10.0. The Bertz CT molecular complexity index is 1250. The summed E-state index contributed by atoms with van der Waals surface area (Å²) in [5.41, 5.74) is 1.58. The fraction of sp³-hybridized carbons (Fsp3) is 0.391. The molecule has 1 saturated carbocycles. The van der Waals surface area contributed by atoms with E-state index in [1.807, 2.05) is 6.07 Å². The maximum atomic E-state index is 12.7. The molecule has 1 aliphatic rings. The standard InChI is InChI=1S/C23H24ClF2N5O3/c1-30(21-20-16(10-11-18(24)27-20)31(2)23(33)28-21)15-9-8-14(12-17(15)32)19(29-34-22(25)26)13-6-4-3-5-7-13/h3-7,10-11,14-15,17,22,32H,8-9,12H2,1-2H3/b29-19+/t14-,15+,17+/m0/s1. The minimum absolute atomic E-state index is 0.259. The number of halogens is 3. The lowest BCUT2D eigenvalue weighted by molar-refractivity contribution is -0.128. The number of aliphatic hydroxyl groups is 1. The molecular weight excluding hydrogens is 468 g/mol. The Labute approximate surface area is 199 Å². The van der Waals surface area contributed by atoms with Gasteiger partial charge in [0.25, 0.3) is 0 Å². The monoisotopic (exact) mass is 491 g/mol. The number of benzene rings is 1. The highest BCUT2D eigenvalue weighted by Crippen LogP contribution is 2.33. The number of hydrogen-bond donors (Lipinski definition) is 1. The predicted octanol–water partition coefficient (Wildman–Crippen LogP) is 3.59. The summed E-state index contributed by atoms with van der Waals surface area (Å²) in [7, 11) is 3.34. The first-order chi connectivity index (χ1) is 16.3. The maximum Gasteiger partial charge on any atom is 0.407 e. The highest BCUT2D eigenvalue weighted by Gasteiger charge is 2.36. The van der Waals surface area contributed by atoms with Crippen LogP contribution in [0.5, 0.6) is 0 Å². The smallest absolute Gasteiger partial charge is 0.391 e. The number of nitrogens with zero attached hydrogens (tertiary/aromatic N) is 5. The number of hydrogen-bond acceptors (Lipinski definition) is 7. The van der Waals surface area contributed by atoms with Gasteiger partial charge in [-0.2, -0.15) is 13.8 Å². The number of pyridine rings is 1. The van der Waals surface area contributed by atoms with Gasteiger partial charge in [0.15, 0.2) is 5.82 Å². The van der Waals surface area contributed by atoms with Crippen molar-refractivity contribution in [2.75, 3.05) is 11.9 Å². The van der Waals surface area contributed by atoms with Gasteiger partial charge in [-0.3, -0.25) is 4.57 Å². The molecule has 4 rings (SSSR count). The fourth-order valence-electron chi connectivity index (χ4n) is 4.49. The van der Waals surface area contributed by atoms with Crippen LogP contribution in [0.1, 0.15) is 24.8 Å². The Morgan fingerprint density at radius 3 is 2.65 bits per heavy atom. The Morgan fingerprint density at radius 2 is 1.97 bits per heavy atom. The van der Waals surface area contributed by atoms with E-state index in [4.69, 9.17) is 11.6 Å². The van der Waals surface area contributed by atoms with Gasteiger partial charge in [-0.15, -0.1) is 0 Å². The molecule has 8 nitrogen and oxygen atoms in total. The minimum Gasteiger partial charge on any atom is -0.391 e. The molecule has 1 aliphatic carbocycles. The molecule has 1 aromatic carbocycles. The molecule has 0 aliphatic heterocycles. The van der Waals surface area contributed by atoms with Gasteiger partial charge in [-0.05, 0) is 37.0 Å². The van der Waals surface area contributed by atoms with Crippen LogP contribution in [0.15, 0.2) is 52.4 Å². The van der Waals surface area contributed by atoms with Crippen molar-refractivity contribution in [3.63, 3.8) is 0 Å². The number of alkyl halides is 2. The van der Waals surface area contributed by atoms with Crippen LogP contribution >= 0.6 is 11.6 Å². The quantitative estimate of drug-likeness (QED) is 0.322. The summed E-state index contributed by atoms with van der Waals surface area (Å²) in [6.07, 6.45) is 0.488. The van der Waals surface area contributed by atoms with Crippen molar-refractivity contribution >= 4 is 34.2 Å². The molecule has 180 valence electrons. The number of anilines is 1. The topological polar surface area (TPSA) is 92.8 Å². The number of aliphatic hydroxyl groups excluding tert-OH is 1. The third kappa shape index (κ3) is 4.88. The molecule has 0 spiro atoms. The van der Waals surface area contributed by atoms with Crippen LogP contribution < -0.4 is 10.6 Å². The SMILES string of the molecule is CN(c1nc(=O)n(C)c2ccc(Cl)nc12)[C@@H]1CC[C@H](/C(=N/OC(F)F)c2ccccc2)C[C@H]1O. The molecule has 11 heteroatoms. The van der Waals surface area contributed by atoms with E-state index in [-0.39, 0.29) is 23.5 Å². The van der Waals surface area contributed by atoms with E-state index in [2.05, 4.69) is 20.0 Å². The normalized spacial score (nSPS) is 21.1. The predicted molar refractivity (Wildman–Crippen MR) is 125 cm³/mol. The highest BCUT2D eigenvalue weighted by atomic mass is 35.5. The number of likely N-dealkylation sites (N-methyl/N-ethyl adjacent to an activating group) is 1. The molecule has 1 N–H and O–H groups in total. The second-order valence-electron chi connectivity index (χ2n) is 8.24. The summed E-state index contributed by atoms with van der Waals surface area (Å²) in [5, 5.41) is 15.0. The van der Waals surface area contributed by atoms with Gasteiger partial charge in [0, 0.05) is 20.0 Å². The molecule has 0 radical (unpaired) electrons. The molecule has 3 atom stereocenters. The molecule has 3 aromatic rings. The molecule has 2 aromatic heterocycles. The number of rotatable bonds is 6. The molecule has 2 heterocycles. The van der Waals surface area contributed by atoms with E-state index in [9.17, 15) is 18.7 Å². The van der Waals surface area contributed by atoms with Gasteiger partial charge in [0.1, 0.15) is 10.7 Å². The van der Waals surface area contributed by atoms with Crippen molar-refractivity contribution in [1.29, 1.82) is 0 Å². The lowest BCUT2D eigenvalue weighted by atomic mass is 9.79. The summed E-state index contributed by atoms with van der Waals surface area (Å²) in [5.74, 6) is 0.0304. The van der Waals surface area contributed by atoms with Crippen molar-refractivity contribution in [2.45, 2.75) is 38.0 Å². The number of fused-ring (bicyclic) bond motifs is 1. The number of aromatic nitrogens is 3. The zero-order valence-corrected chi connectivity index (χ0v) is 19.4. The third-order valence-corrected chi connectivity index (χ3v) is 6.41. The van der Waals surface area contributed by atoms with Crippen LogP contribution in [-0.2, 0) is 11.9 Å². The minimum atomic E-state index is -3.04. The largest absolute Gasteiger partial charge is 0.407 e. The van der Waals surface area contributed by atoms with Crippen molar-refractivity contribution in [3.8, 4) is 0 Å². The highest BCUT2D eigenvalue weighted by molar-refractivity contribution is 6.29. The molecule has 0 unspecified atom stereocenters. The summed E-state index contributed by atoms with van der Waals surface area (Å²) < 4.78 is 26.8. The summed E-state index contributed by atoms with van der Waals surface area (Å²) in [6.45, 7) is -3.04. The van der Waals surface area contributed by atoms with Gasteiger partial charge >= 0.3 is 12.3 Å². The summed E-state index contributed by atoms with van der Waals surface area (Å²) in [6, 6.07) is 11.8. The zero-order valence-electron chi connectivity index (χ0n) is 18.6. The lowest BCUT2D eigenvalue weighted by Gasteiger charge is -2.39. The van der Waals surface area contributed by atoms with E-state index < -0.39 is 18.4 Å². The maximum absolute atomic E-state index is 12.7. The van der Waals surface area contributed by atoms with Crippen LogP contribution in [-0.4, -0.2) is 51.2 Å². The Balaban J connectivity index is 1.61. The van der Waals surface area contributed by atoms with Crippen LogP contribution in [0.2, 0.25) is 5.15 Å². The average Bonchev–Trinajstić information content (AvgIpc) is 2.81. The van der Waals surface area contributed by atoms with Crippen LogP contribution in [0, 0.1) is 5.92 Å². The first-order valence-corrected chi connectivity index (χ1v) is 11.2. The van der Waals surface area contributed by atoms with E-state index in [0.29, 0.717) is 41.0 Å². The van der Waals surface area contributed by atoms with Crippen LogP contribution in [0.4, 0.5) is 14.6 Å². The first kappa shape index (κ1) is 24.0. The zero-order chi connectivity index (χ0) is 24.4. The fourth-order valence-corrected chi connectivity index (χ4v) is 4.63. The number of oxime groups is 1. The Morgan fingerprint density at radius 1 is 1.24 bits per heavy atom. The second-order valence-corrected chi connectivity index (χ2v) is 8.63. The first-order valence-electron chi connectivity index (χ1n) is 10.8. The van der Waals surface area contributed by atoms with Gasteiger partial charge < -0.3 is 14.8 Å². The molecule has 1 fully saturated rings. The van der Waals surface area contributed by atoms with Gasteiger partial charge in [0.2, 0.25) is 0 Å². The lowest BCUT2D eigenvalue weighted by Crippen LogP contribution is -2.47. The molecular formula is C23H24ClF2N5O3. The van der Waals surface area contributed by atoms with E-state index >= 15 is 0 Å². The average molecular weight is 492 g/mol. The summed E-state index contributed by atoms with van der Waals surface area (Å²) in [4.78, 5) is 27.0. The van der Waals surface area contributed by atoms with Crippen LogP contribution in [0.3, 0.4) is 0 Å². The molecule has 0 amide bonds. The van der Waals surface area contributed by atoms with Crippen molar-refractivity contribution < 1.29 is 18.7 Å². The van der Waals surface area contributed by atoms with Crippen LogP contribution in [0.25, 0.3) is 11.0 Å². The van der Waals surface area contributed by atoms with E-state index in [1.165, 1.54) is 4.57 Å². The van der Waals surface area contributed by atoms with Crippen molar-refractivity contribution in [2.24, 2.45) is 18.1 Å². The van der Waals surface area contributed by atoms with Gasteiger partial charge in [0.05, 0.1) is 23.4 Å². The van der Waals surface area contributed by atoms with Crippen molar-refractivity contribution in [1.82, 2.24) is 14.5 Å². The third-order valence-electron chi connectivity index (χ3n) is 6.20. The Hall–Kier alpha value is -3.11. The van der Waals surface area contributed by atoms with E-state index in [0.717, 1.165) is 0 Å². The molecule has 34 heavy (non-hydrogen) atoms. The number of aryl methyl sites for hydroxylation is 1.